The fourth-order valence-corrected chi connectivity index (χ4v) is 3.14. The standard InChI is InChI=1S/C21H32BNO3/c1-18(2,3)23-17(24)14-11-15(21(8)9-10-21)13-16(12-14)22-25-19(4,5)20(6,7)26-22/h11-13H,9-10H2,1-8H3,(H,23,24). The van der Waals surface area contributed by atoms with E-state index >= 15 is 0 Å². The van der Waals surface area contributed by atoms with Crippen LogP contribution < -0.4 is 10.8 Å². The van der Waals surface area contributed by atoms with Gasteiger partial charge < -0.3 is 14.6 Å². The summed E-state index contributed by atoms with van der Waals surface area (Å²) in [6.07, 6.45) is 2.31. The van der Waals surface area contributed by atoms with Gasteiger partial charge in [0, 0.05) is 11.1 Å². The van der Waals surface area contributed by atoms with Crippen molar-refractivity contribution < 1.29 is 14.1 Å². The molecule has 142 valence electrons. The summed E-state index contributed by atoms with van der Waals surface area (Å²) in [7, 11) is -0.455. The summed E-state index contributed by atoms with van der Waals surface area (Å²) in [5, 5.41) is 3.06. The molecule has 2 aliphatic rings. The lowest BCUT2D eigenvalue weighted by Gasteiger charge is -2.32. The predicted molar refractivity (Wildman–Crippen MR) is 106 cm³/mol. The van der Waals surface area contributed by atoms with Gasteiger partial charge in [0.15, 0.2) is 0 Å². The number of hydrogen-bond donors (Lipinski definition) is 1. The van der Waals surface area contributed by atoms with E-state index in [9.17, 15) is 4.79 Å². The molecule has 1 saturated heterocycles. The molecule has 1 saturated carbocycles. The van der Waals surface area contributed by atoms with E-state index in [0.29, 0.717) is 5.56 Å². The number of carbonyl (C=O) groups is 1. The fourth-order valence-electron chi connectivity index (χ4n) is 3.14. The molecule has 0 aromatic heterocycles. The summed E-state index contributed by atoms with van der Waals surface area (Å²) in [5.41, 5.74) is 1.89. The third-order valence-corrected chi connectivity index (χ3v) is 5.93. The fraction of sp³-hybridized carbons (Fsp3) is 0.667. The van der Waals surface area contributed by atoms with Crippen molar-refractivity contribution in [2.45, 2.75) is 90.4 Å². The lowest BCUT2D eigenvalue weighted by molar-refractivity contribution is 0.00578. The minimum absolute atomic E-state index is 0.0543. The van der Waals surface area contributed by atoms with Crippen LogP contribution in [0.4, 0.5) is 0 Å². The number of benzene rings is 1. The second-order valence-corrected chi connectivity index (χ2v) is 10.2. The van der Waals surface area contributed by atoms with Crippen molar-refractivity contribution in [3.05, 3.63) is 29.3 Å². The van der Waals surface area contributed by atoms with Crippen LogP contribution in [0.25, 0.3) is 0 Å². The molecular weight excluding hydrogens is 325 g/mol. The highest BCUT2D eigenvalue weighted by molar-refractivity contribution is 6.62. The van der Waals surface area contributed by atoms with E-state index < -0.39 is 18.3 Å². The first kappa shape index (κ1) is 19.4. The number of hydrogen-bond acceptors (Lipinski definition) is 3. The minimum Gasteiger partial charge on any atom is -0.399 e. The smallest absolute Gasteiger partial charge is 0.399 e. The molecule has 1 aromatic rings. The molecule has 26 heavy (non-hydrogen) atoms. The van der Waals surface area contributed by atoms with E-state index in [1.54, 1.807) is 0 Å². The molecule has 4 nitrogen and oxygen atoms in total. The predicted octanol–water partition coefficient (Wildman–Crippen LogP) is 3.57. The molecule has 1 aliphatic heterocycles. The summed E-state index contributed by atoms with van der Waals surface area (Å²) >= 11 is 0. The molecule has 0 atom stereocenters. The molecular formula is C21H32BNO3. The van der Waals surface area contributed by atoms with Crippen molar-refractivity contribution in [3.8, 4) is 0 Å². The van der Waals surface area contributed by atoms with Crippen LogP contribution in [0.2, 0.25) is 0 Å². The van der Waals surface area contributed by atoms with Gasteiger partial charge in [-0.1, -0.05) is 13.0 Å². The molecule has 1 aliphatic carbocycles. The summed E-state index contributed by atoms with van der Waals surface area (Å²) in [5.74, 6) is -0.0543. The topological polar surface area (TPSA) is 47.6 Å². The highest BCUT2D eigenvalue weighted by Crippen LogP contribution is 2.47. The van der Waals surface area contributed by atoms with E-state index in [0.717, 1.165) is 18.3 Å². The average Bonchev–Trinajstić information content (AvgIpc) is 3.18. The van der Waals surface area contributed by atoms with E-state index in [-0.39, 0.29) is 16.9 Å². The lowest BCUT2D eigenvalue weighted by Crippen LogP contribution is -2.42. The van der Waals surface area contributed by atoms with Crippen LogP contribution in [0.5, 0.6) is 0 Å². The Morgan fingerprint density at radius 2 is 1.54 bits per heavy atom. The molecule has 5 heteroatoms. The molecule has 0 spiro atoms. The average molecular weight is 357 g/mol. The maximum absolute atomic E-state index is 12.8. The minimum atomic E-state index is -0.455. The maximum atomic E-state index is 12.8. The second-order valence-electron chi connectivity index (χ2n) is 10.2. The SMILES string of the molecule is CC(C)(C)NC(=O)c1cc(B2OC(C)(C)C(C)(C)O2)cc(C2(C)CC2)c1. The van der Waals surface area contributed by atoms with Gasteiger partial charge in [-0.05, 0) is 89.9 Å². The largest absolute Gasteiger partial charge is 0.494 e. The molecule has 1 aromatic carbocycles. The Labute approximate surface area is 158 Å². The van der Waals surface area contributed by atoms with Gasteiger partial charge in [-0.3, -0.25) is 4.79 Å². The van der Waals surface area contributed by atoms with E-state index in [1.807, 2.05) is 60.6 Å². The van der Waals surface area contributed by atoms with Gasteiger partial charge in [0.05, 0.1) is 11.2 Å². The zero-order chi connectivity index (χ0) is 19.5. The lowest BCUT2D eigenvalue weighted by atomic mass is 9.76. The number of carbonyl (C=O) groups excluding carboxylic acids is 1. The van der Waals surface area contributed by atoms with Gasteiger partial charge in [-0.2, -0.15) is 0 Å². The number of rotatable bonds is 3. The van der Waals surface area contributed by atoms with Crippen molar-refractivity contribution in [2.24, 2.45) is 0 Å². The van der Waals surface area contributed by atoms with Crippen LogP contribution >= 0.6 is 0 Å². The molecule has 0 radical (unpaired) electrons. The van der Waals surface area contributed by atoms with Gasteiger partial charge in [0.1, 0.15) is 0 Å². The first-order valence-electron chi connectivity index (χ1n) is 9.56. The third-order valence-electron chi connectivity index (χ3n) is 5.93. The highest BCUT2D eigenvalue weighted by atomic mass is 16.7. The summed E-state index contributed by atoms with van der Waals surface area (Å²) < 4.78 is 12.4. The molecule has 3 rings (SSSR count). The van der Waals surface area contributed by atoms with E-state index in [2.05, 4.69) is 18.3 Å². The van der Waals surface area contributed by atoms with E-state index in [1.165, 1.54) is 5.56 Å². The molecule has 2 fully saturated rings. The van der Waals surface area contributed by atoms with E-state index in [4.69, 9.17) is 9.31 Å². The molecule has 1 heterocycles. The van der Waals surface area contributed by atoms with Crippen molar-refractivity contribution in [2.75, 3.05) is 0 Å². The monoisotopic (exact) mass is 357 g/mol. The first-order chi connectivity index (χ1) is 11.7. The van der Waals surface area contributed by atoms with Crippen LogP contribution in [0.1, 0.15) is 84.2 Å². The molecule has 0 unspecified atom stereocenters. The summed E-state index contributed by atoms with van der Waals surface area (Å²) in [4.78, 5) is 12.8. The second kappa shape index (κ2) is 5.83. The number of amides is 1. The normalized spacial score (nSPS) is 23.0. The highest BCUT2D eigenvalue weighted by Gasteiger charge is 2.52. The Hall–Kier alpha value is -1.33. The Kier molecular flexibility index (Phi) is 4.36. The summed E-state index contributed by atoms with van der Waals surface area (Å²) in [6.45, 7) is 16.4. The van der Waals surface area contributed by atoms with Gasteiger partial charge >= 0.3 is 7.12 Å². The van der Waals surface area contributed by atoms with Gasteiger partial charge in [0.25, 0.3) is 5.91 Å². The molecule has 1 amide bonds. The summed E-state index contributed by atoms with van der Waals surface area (Å²) in [6, 6.07) is 6.10. The van der Waals surface area contributed by atoms with Crippen molar-refractivity contribution in [1.82, 2.24) is 5.32 Å². The van der Waals surface area contributed by atoms with Crippen LogP contribution in [0.15, 0.2) is 18.2 Å². The quantitative estimate of drug-likeness (QED) is 0.842. The van der Waals surface area contributed by atoms with Crippen molar-refractivity contribution in [3.63, 3.8) is 0 Å². The molecule has 1 N–H and O–H groups in total. The maximum Gasteiger partial charge on any atom is 0.494 e. The van der Waals surface area contributed by atoms with Gasteiger partial charge in [-0.25, -0.2) is 0 Å². The Balaban J connectivity index is 1.98. The Morgan fingerprint density at radius 1 is 1.00 bits per heavy atom. The van der Waals surface area contributed by atoms with Gasteiger partial charge in [0.2, 0.25) is 0 Å². The zero-order valence-electron chi connectivity index (χ0n) is 17.4. The third kappa shape index (κ3) is 3.70. The van der Waals surface area contributed by atoms with Crippen LogP contribution in [-0.2, 0) is 14.7 Å². The Morgan fingerprint density at radius 3 is 2.00 bits per heavy atom. The first-order valence-corrected chi connectivity index (χ1v) is 9.56. The van der Waals surface area contributed by atoms with Crippen LogP contribution in [0.3, 0.4) is 0 Å². The Bertz CT molecular complexity index is 713. The number of nitrogens with one attached hydrogen (secondary N) is 1. The van der Waals surface area contributed by atoms with Crippen molar-refractivity contribution in [1.29, 1.82) is 0 Å². The molecule has 0 bridgehead atoms. The van der Waals surface area contributed by atoms with Gasteiger partial charge in [-0.15, -0.1) is 0 Å². The van der Waals surface area contributed by atoms with Crippen LogP contribution in [-0.4, -0.2) is 29.8 Å². The zero-order valence-corrected chi connectivity index (χ0v) is 17.4. The van der Waals surface area contributed by atoms with Crippen LogP contribution in [0, 0.1) is 0 Å². The van der Waals surface area contributed by atoms with Crippen molar-refractivity contribution >= 4 is 18.5 Å².